The van der Waals surface area contributed by atoms with E-state index in [2.05, 4.69) is 47.6 Å². The molecule has 1 saturated carbocycles. The number of aromatic nitrogens is 1. The highest BCUT2D eigenvalue weighted by atomic mass is 15.0. The van der Waals surface area contributed by atoms with Crippen molar-refractivity contribution in [2.75, 3.05) is 5.32 Å². The minimum Gasteiger partial charge on any atom is -0.367 e. The molecule has 3 heteroatoms. The van der Waals surface area contributed by atoms with E-state index < -0.39 is 0 Å². The van der Waals surface area contributed by atoms with E-state index in [0.29, 0.717) is 6.04 Å². The molecule has 2 heterocycles. The molecule has 1 aliphatic carbocycles. The van der Waals surface area contributed by atoms with Crippen LogP contribution in [0, 0.1) is 6.92 Å². The minimum absolute atomic E-state index is 0.558. The molecule has 0 radical (unpaired) electrons. The van der Waals surface area contributed by atoms with Gasteiger partial charge in [0.15, 0.2) is 0 Å². The second-order valence-corrected chi connectivity index (χ2v) is 6.70. The number of nitrogens with one attached hydrogen (secondary N) is 1. The summed E-state index contributed by atoms with van der Waals surface area (Å²) in [6, 6.07) is 11.3. The normalized spacial score (nSPS) is 17.7. The van der Waals surface area contributed by atoms with Gasteiger partial charge in [0.05, 0.1) is 12.3 Å². The van der Waals surface area contributed by atoms with Crippen LogP contribution in [0.25, 0.3) is 0 Å². The smallest absolute Gasteiger partial charge is 0.135 e. The van der Waals surface area contributed by atoms with Crippen molar-refractivity contribution in [3.8, 4) is 0 Å². The van der Waals surface area contributed by atoms with E-state index in [9.17, 15) is 0 Å². The third kappa shape index (κ3) is 2.88. The summed E-state index contributed by atoms with van der Waals surface area (Å²) in [4.78, 5) is 9.44. The van der Waals surface area contributed by atoms with Gasteiger partial charge in [-0.15, -0.1) is 0 Å². The summed E-state index contributed by atoms with van der Waals surface area (Å²) in [5.41, 5.74) is 6.05. The van der Waals surface area contributed by atoms with Crippen LogP contribution in [-0.2, 0) is 6.54 Å². The number of fused-ring (bicyclic) bond motifs is 1. The summed E-state index contributed by atoms with van der Waals surface area (Å²) >= 11 is 0. The zero-order chi connectivity index (χ0) is 15.6. The molecule has 0 bridgehead atoms. The van der Waals surface area contributed by atoms with E-state index in [-0.39, 0.29) is 0 Å². The molecule has 2 aliphatic rings. The minimum atomic E-state index is 0.558. The van der Waals surface area contributed by atoms with Gasteiger partial charge < -0.3 is 5.32 Å². The molecule has 0 saturated heterocycles. The summed E-state index contributed by atoms with van der Waals surface area (Å²) in [6.45, 7) is 2.88. The number of hydrogen-bond acceptors (Lipinski definition) is 3. The maximum Gasteiger partial charge on any atom is 0.135 e. The molecule has 1 aromatic heterocycles. The van der Waals surface area contributed by atoms with E-state index in [1.807, 2.05) is 6.20 Å². The van der Waals surface area contributed by atoms with Crippen molar-refractivity contribution in [1.29, 1.82) is 0 Å². The van der Waals surface area contributed by atoms with Crippen LogP contribution in [0.15, 0.2) is 41.5 Å². The van der Waals surface area contributed by atoms with Crippen LogP contribution < -0.4 is 5.32 Å². The largest absolute Gasteiger partial charge is 0.367 e. The number of pyridine rings is 1. The third-order valence-electron chi connectivity index (χ3n) is 4.95. The highest BCUT2D eigenvalue weighted by Crippen LogP contribution is 2.30. The average molecular weight is 305 g/mol. The molecular formula is C20H23N3. The lowest BCUT2D eigenvalue weighted by atomic mass is 9.94. The van der Waals surface area contributed by atoms with E-state index in [4.69, 9.17) is 4.99 Å². The second kappa shape index (κ2) is 6.15. The van der Waals surface area contributed by atoms with Crippen molar-refractivity contribution in [1.82, 2.24) is 4.98 Å². The number of rotatable bonds is 3. The van der Waals surface area contributed by atoms with Crippen LogP contribution in [0.2, 0.25) is 0 Å². The molecule has 3 nitrogen and oxygen atoms in total. The first kappa shape index (κ1) is 14.4. The standard InChI is InChI=1S/C20H23N3/c1-14-7-9-15(10-8-14)19-18-16(13-22-19)11-12-21-20(18)23-17-5-3-2-4-6-17/h7-12,17H,2-6,13H2,1H3,(H,21,23). The second-order valence-electron chi connectivity index (χ2n) is 6.70. The van der Waals surface area contributed by atoms with Crippen LogP contribution in [0.3, 0.4) is 0 Å². The number of nitrogens with zero attached hydrogens (tertiary/aromatic N) is 2. The molecule has 1 N–H and O–H groups in total. The molecule has 1 aromatic carbocycles. The molecule has 2 aromatic rings. The fourth-order valence-corrected chi connectivity index (χ4v) is 3.64. The Bertz CT molecular complexity index is 725. The van der Waals surface area contributed by atoms with E-state index in [1.54, 1.807) is 0 Å². The predicted molar refractivity (Wildman–Crippen MR) is 95.3 cm³/mol. The molecule has 0 atom stereocenters. The Balaban J connectivity index is 1.67. The molecule has 0 amide bonds. The van der Waals surface area contributed by atoms with Gasteiger partial charge in [0, 0.05) is 23.4 Å². The lowest BCUT2D eigenvalue weighted by molar-refractivity contribution is 0.462. The van der Waals surface area contributed by atoms with Crippen LogP contribution in [0.4, 0.5) is 5.82 Å². The molecule has 118 valence electrons. The van der Waals surface area contributed by atoms with Crippen LogP contribution in [-0.4, -0.2) is 16.7 Å². The van der Waals surface area contributed by atoms with E-state index in [1.165, 1.54) is 54.4 Å². The van der Waals surface area contributed by atoms with Gasteiger partial charge in [-0.05, 0) is 31.4 Å². The Morgan fingerprint density at radius 1 is 1.00 bits per heavy atom. The van der Waals surface area contributed by atoms with Gasteiger partial charge in [-0.2, -0.15) is 0 Å². The number of benzene rings is 1. The lowest BCUT2D eigenvalue weighted by Gasteiger charge is -2.24. The van der Waals surface area contributed by atoms with Gasteiger partial charge in [0.25, 0.3) is 0 Å². The quantitative estimate of drug-likeness (QED) is 0.907. The number of aliphatic imine (C=N–C) groups is 1. The first-order valence-corrected chi connectivity index (χ1v) is 8.67. The Morgan fingerprint density at radius 3 is 2.57 bits per heavy atom. The van der Waals surface area contributed by atoms with E-state index >= 15 is 0 Å². The zero-order valence-electron chi connectivity index (χ0n) is 13.7. The number of anilines is 1. The maximum absolute atomic E-state index is 4.79. The fraction of sp³-hybridized carbons (Fsp3) is 0.400. The molecule has 0 unspecified atom stereocenters. The Hall–Kier alpha value is -2.16. The Labute approximate surface area is 137 Å². The summed E-state index contributed by atoms with van der Waals surface area (Å²) in [6.07, 6.45) is 8.44. The highest BCUT2D eigenvalue weighted by Gasteiger charge is 2.24. The number of aryl methyl sites for hydroxylation is 1. The average Bonchev–Trinajstić information content (AvgIpc) is 3.02. The van der Waals surface area contributed by atoms with Crippen LogP contribution in [0.5, 0.6) is 0 Å². The van der Waals surface area contributed by atoms with E-state index in [0.717, 1.165) is 18.1 Å². The van der Waals surface area contributed by atoms with Crippen LogP contribution >= 0.6 is 0 Å². The monoisotopic (exact) mass is 305 g/mol. The van der Waals surface area contributed by atoms with Gasteiger partial charge in [-0.1, -0.05) is 49.1 Å². The Kier molecular flexibility index (Phi) is 3.86. The molecule has 23 heavy (non-hydrogen) atoms. The summed E-state index contributed by atoms with van der Waals surface area (Å²) in [5.74, 6) is 1.02. The van der Waals surface area contributed by atoms with Crippen molar-refractivity contribution >= 4 is 11.5 Å². The topological polar surface area (TPSA) is 37.3 Å². The molecular weight excluding hydrogens is 282 g/mol. The first-order valence-electron chi connectivity index (χ1n) is 8.67. The zero-order valence-corrected chi connectivity index (χ0v) is 13.7. The first-order chi connectivity index (χ1) is 11.3. The van der Waals surface area contributed by atoms with Crippen molar-refractivity contribution in [2.24, 2.45) is 4.99 Å². The SMILES string of the molecule is Cc1ccc(C2=NCc3ccnc(NC4CCCCC4)c32)cc1. The number of hydrogen-bond donors (Lipinski definition) is 1. The van der Waals surface area contributed by atoms with Gasteiger partial charge in [-0.25, -0.2) is 4.98 Å². The highest BCUT2D eigenvalue weighted by molar-refractivity contribution is 6.17. The fourth-order valence-electron chi connectivity index (χ4n) is 3.64. The van der Waals surface area contributed by atoms with Crippen LogP contribution in [0.1, 0.15) is 54.4 Å². The Morgan fingerprint density at radius 2 is 1.78 bits per heavy atom. The third-order valence-corrected chi connectivity index (χ3v) is 4.95. The van der Waals surface area contributed by atoms with Crippen molar-refractivity contribution in [2.45, 2.75) is 51.6 Å². The van der Waals surface area contributed by atoms with Gasteiger partial charge in [-0.3, -0.25) is 4.99 Å². The maximum atomic E-state index is 4.79. The summed E-state index contributed by atoms with van der Waals surface area (Å²) < 4.78 is 0. The molecule has 0 spiro atoms. The predicted octanol–water partition coefficient (Wildman–Crippen LogP) is 4.49. The van der Waals surface area contributed by atoms with Crippen molar-refractivity contribution in [3.05, 3.63) is 58.8 Å². The summed E-state index contributed by atoms with van der Waals surface area (Å²) in [5, 5.41) is 3.70. The molecule has 1 aliphatic heterocycles. The van der Waals surface area contributed by atoms with Gasteiger partial charge in [0.1, 0.15) is 5.82 Å². The lowest BCUT2D eigenvalue weighted by Crippen LogP contribution is -2.24. The molecule has 4 rings (SSSR count). The van der Waals surface area contributed by atoms with Gasteiger partial charge >= 0.3 is 0 Å². The van der Waals surface area contributed by atoms with Crippen molar-refractivity contribution in [3.63, 3.8) is 0 Å². The summed E-state index contributed by atoms with van der Waals surface area (Å²) in [7, 11) is 0. The molecule has 1 fully saturated rings. The van der Waals surface area contributed by atoms with Crippen molar-refractivity contribution < 1.29 is 0 Å². The van der Waals surface area contributed by atoms with Gasteiger partial charge in [0.2, 0.25) is 0 Å².